The lowest BCUT2D eigenvalue weighted by atomic mass is 9.75. The minimum absolute atomic E-state index is 0. The molecule has 3 atom stereocenters. The zero-order valence-electron chi connectivity index (χ0n) is 8.89. The first-order valence-electron chi connectivity index (χ1n) is 4.80. The van der Waals surface area contributed by atoms with Crippen LogP contribution in [-0.2, 0) is 0 Å². The lowest BCUT2D eigenvalue weighted by Crippen LogP contribution is -2.41. The minimum atomic E-state index is -0.481. The molecule has 0 aliphatic heterocycles. The molecule has 0 spiro atoms. The number of hydrogen-bond donors (Lipinski definition) is 2. The van der Waals surface area contributed by atoms with Crippen LogP contribution in [0.5, 0.6) is 0 Å². The smallest absolute Gasteiger partial charge is 0.0744 e. The molecule has 2 nitrogen and oxygen atoms in total. The Morgan fingerprint density at radius 3 is 2.38 bits per heavy atom. The fourth-order valence-corrected chi connectivity index (χ4v) is 2.59. The van der Waals surface area contributed by atoms with Crippen molar-refractivity contribution < 1.29 is 5.11 Å². The van der Waals surface area contributed by atoms with E-state index < -0.39 is 5.60 Å². The van der Waals surface area contributed by atoms with Crippen molar-refractivity contribution in [2.75, 3.05) is 0 Å². The second-order valence-electron chi connectivity index (χ2n) is 4.60. The first kappa shape index (κ1) is 13.4. The van der Waals surface area contributed by atoms with E-state index in [9.17, 15) is 5.11 Å². The highest BCUT2D eigenvalue weighted by Gasteiger charge is 2.37. The highest BCUT2D eigenvalue weighted by Crippen LogP contribution is 2.39. The van der Waals surface area contributed by atoms with Crippen molar-refractivity contribution in [1.82, 2.24) is 6.15 Å². The Hall–Kier alpha value is 0.400. The van der Waals surface area contributed by atoms with E-state index in [1.54, 1.807) is 0 Å². The number of halogens is 1. The average Bonchev–Trinajstić information content (AvgIpc) is 1.94. The third-order valence-corrected chi connectivity index (χ3v) is 4.51. The van der Waals surface area contributed by atoms with Crippen molar-refractivity contribution in [3.8, 4) is 0 Å². The molecule has 3 unspecified atom stereocenters. The Labute approximate surface area is 89.8 Å². The molecule has 0 aromatic rings. The van der Waals surface area contributed by atoms with E-state index in [0.717, 1.165) is 24.7 Å². The molecule has 80 valence electrons. The van der Waals surface area contributed by atoms with Crippen LogP contribution in [0.3, 0.4) is 0 Å². The maximum Gasteiger partial charge on any atom is 0.0744 e. The quantitative estimate of drug-likeness (QED) is 0.704. The number of aliphatic hydroxyl groups is 1. The summed E-state index contributed by atoms with van der Waals surface area (Å²) < 4.78 is 0. The SMILES string of the molecule is CC(C)C1CCC(C)(O)C(Br)C1.N. The van der Waals surface area contributed by atoms with Crippen LogP contribution in [0.4, 0.5) is 0 Å². The first-order chi connectivity index (χ1) is 5.43. The summed E-state index contributed by atoms with van der Waals surface area (Å²) in [5.74, 6) is 1.54. The predicted octanol–water partition coefficient (Wildman–Crippen LogP) is 3.12. The molecular weight excluding hydrogens is 230 g/mol. The summed E-state index contributed by atoms with van der Waals surface area (Å²) in [6.45, 7) is 6.47. The van der Waals surface area contributed by atoms with E-state index in [1.165, 1.54) is 6.42 Å². The molecular formula is C10H22BrNO. The Morgan fingerprint density at radius 2 is 2.00 bits per heavy atom. The molecule has 0 aromatic heterocycles. The highest BCUT2D eigenvalue weighted by molar-refractivity contribution is 9.09. The Morgan fingerprint density at radius 1 is 1.46 bits per heavy atom. The molecule has 0 bridgehead atoms. The molecule has 0 saturated heterocycles. The zero-order chi connectivity index (χ0) is 9.35. The lowest BCUT2D eigenvalue weighted by Gasteiger charge is -2.39. The molecule has 0 aromatic carbocycles. The zero-order valence-corrected chi connectivity index (χ0v) is 10.5. The van der Waals surface area contributed by atoms with Crippen LogP contribution in [0.25, 0.3) is 0 Å². The van der Waals surface area contributed by atoms with E-state index in [4.69, 9.17) is 0 Å². The van der Waals surface area contributed by atoms with E-state index in [0.29, 0.717) is 0 Å². The van der Waals surface area contributed by atoms with Gasteiger partial charge in [0.15, 0.2) is 0 Å². The molecule has 3 heteroatoms. The van der Waals surface area contributed by atoms with Crippen molar-refractivity contribution in [2.45, 2.75) is 50.5 Å². The van der Waals surface area contributed by atoms with Gasteiger partial charge in [-0.1, -0.05) is 29.8 Å². The van der Waals surface area contributed by atoms with Gasteiger partial charge in [0.1, 0.15) is 0 Å². The van der Waals surface area contributed by atoms with Crippen LogP contribution in [0.2, 0.25) is 0 Å². The summed E-state index contributed by atoms with van der Waals surface area (Å²) in [7, 11) is 0. The summed E-state index contributed by atoms with van der Waals surface area (Å²) in [6, 6.07) is 0. The summed E-state index contributed by atoms with van der Waals surface area (Å²) >= 11 is 3.57. The molecule has 0 heterocycles. The van der Waals surface area contributed by atoms with E-state index in [2.05, 4.69) is 29.8 Å². The van der Waals surface area contributed by atoms with Gasteiger partial charge in [-0.2, -0.15) is 0 Å². The van der Waals surface area contributed by atoms with Gasteiger partial charge in [0.05, 0.1) is 5.60 Å². The average molecular weight is 252 g/mol. The molecule has 1 aliphatic rings. The summed E-state index contributed by atoms with van der Waals surface area (Å²) in [4.78, 5) is 0.283. The molecule has 0 radical (unpaired) electrons. The summed E-state index contributed by atoms with van der Waals surface area (Å²) in [6.07, 6.45) is 3.23. The normalized spacial score (nSPS) is 40.2. The third kappa shape index (κ3) is 3.22. The van der Waals surface area contributed by atoms with Gasteiger partial charge in [-0.15, -0.1) is 0 Å². The maximum absolute atomic E-state index is 9.90. The molecule has 13 heavy (non-hydrogen) atoms. The maximum atomic E-state index is 9.90. The first-order valence-corrected chi connectivity index (χ1v) is 5.71. The van der Waals surface area contributed by atoms with Crippen LogP contribution in [0.1, 0.15) is 40.0 Å². The summed E-state index contributed by atoms with van der Waals surface area (Å²) in [5.41, 5.74) is -0.481. The monoisotopic (exact) mass is 251 g/mol. The van der Waals surface area contributed by atoms with Crippen molar-refractivity contribution in [2.24, 2.45) is 11.8 Å². The molecule has 1 fully saturated rings. The van der Waals surface area contributed by atoms with E-state index in [1.807, 2.05) is 6.92 Å². The molecule has 1 saturated carbocycles. The van der Waals surface area contributed by atoms with Gasteiger partial charge in [0.25, 0.3) is 0 Å². The van der Waals surface area contributed by atoms with Gasteiger partial charge < -0.3 is 11.3 Å². The van der Waals surface area contributed by atoms with Crippen molar-refractivity contribution in [1.29, 1.82) is 0 Å². The van der Waals surface area contributed by atoms with Gasteiger partial charge in [0, 0.05) is 4.83 Å². The van der Waals surface area contributed by atoms with Gasteiger partial charge in [-0.05, 0) is 38.0 Å². The van der Waals surface area contributed by atoms with Crippen molar-refractivity contribution in [3.63, 3.8) is 0 Å². The third-order valence-electron chi connectivity index (χ3n) is 3.15. The van der Waals surface area contributed by atoms with Gasteiger partial charge in [0.2, 0.25) is 0 Å². The Bertz CT molecular complexity index is 159. The number of rotatable bonds is 1. The van der Waals surface area contributed by atoms with Crippen LogP contribution in [-0.4, -0.2) is 15.5 Å². The van der Waals surface area contributed by atoms with Crippen LogP contribution >= 0.6 is 15.9 Å². The fraction of sp³-hybridized carbons (Fsp3) is 1.00. The largest absolute Gasteiger partial charge is 0.389 e. The van der Waals surface area contributed by atoms with Crippen molar-refractivity contribution >= 4 is 15.9 Å². The second kappa shape index (κ2) is 4.76. The number of alkyl halides is 1. The standard InChI is InChI=1S/C10H19BrO.H3N/c1-7(2)8-4-5-10(3,12)9(11)6-8;/h7-9,12H,4-6H2,1-3H3;1H3. The molecule has 1 rings (SSSR count). The predicted molar refractivity (Wildman–Crippen MR) is 60.5 cm³/mol. The molecule has 1 aliphatic carbocycles. The highest BCUT2D eigenvalue weighted by atomic mass is 79.9. The Balaban J connectivity index is 0.00000144. The Kier molecular flexibility index (Phi) is 4.91. The number of hydrogen-bond acceptors (Lipinski definition) is 2. The van der Waals surface area contributed by atoms with Gasteiger partial charge in [-0.25, -0.2) is 0 Å². The van der Waals surface area contributed by atoms with Crippen LogP contribution < -0.4 is 6.15 Å². The lowest BCUT2D eigenvalue weighted by molar-refractivity contribution is 0.0105. The second-order valence-corrected chi connectivity index (χ2v) is 5.71. The summed E-state index contributed by atoms with van der Waals surface area (Å²) in [5, 5.41) is 9.90. The van der Waals surface area contributed by atoms with Crippen LogP contribution in [0.15, 0.2) is 0 Å². The van der Waals surface area contributed by atoms with E-state index in [-0.39, 0.29) is 11.0 Å². The van der Waals surface area contributed by atoms with Crippen molar-refractivity contribution in [3.05, 3.63) is 0 Å². The van der Waals surface area contributed by atoms with Gasteiger partial charge in [-0.3, -0.25) is 0 Å². The molecule has 4 N–H and O–H groups in total. The molecule has 0 amide bonds. The fourth-order valence-electron chi connectivity index (χ4n) is 1.88. The van der Waals surface area contributed by atoms with E-state index >= 15 is 0 Å². The van der Waals surface area contributed by atoms with Crippen LogP contribution in [0, 0.1) is 11.8 Å². The van der Waals surface area contributed by atoms with Gasteiger partial charge >= 0.3 is 0 Å². The minimum Gasteiger partial charge on any atom is -0.389 e. The topological polar surface area (TPSA) is 55.2 Å².